The lowest BCUT2D eigenvalue weighted by Crippen LogP contribution is -2.45. The van der Waals surface area contributed by atoms with Crippen LogP contribution in [0.1, 0.15) is 19.3 Å². The summed E-state index contributed by atoms with van der Waals surface area (Å²) < 4.78 is 33.9. The molecule has 0 spiro atoms. The first-order valence-corrected chi connectivity index (χ1v) is 13.0. The molecule has 1 amide bonds. The molecule has 1 saturated heterocycles. The number of hydrogen-bond donors (Lipinski definition) is 1. The Morgan fingerprint density at radius 3 is 2.62 bits per heavy atom. The van der Waals surface area contributed by atoms with Crippen LogP contribution in [-0.2, 0) is 14.8 Å². The van der Waals surface area contributed by atoms with Gasteiger partial charge in [-0.25, -0.2) is 8.42 Å². The molecule has 0 radical (unpaired) electrons. The van der Waals surface area contributed by atoms with Crippen LogP contribution in [0, 0.1) is 11.8 Å². The van der Waals surface area contributed by atoms with Crippen molar-refractivity contribution in [1.82, 2.24) is 9.29 Å². The summed E-state index contributed by atoms with van der Waals surface area (Å²) in [5, 5.41) is 3.02. The van der Waals surface area contributed by atoms with Crippen molar-refractivity contribution in [3.05, 3.63) is 73.1 Å². The number of nitrogens with zero attached hydrogens (tertiary/aromatic N) is 2. The molecular formula is C26H27N3O4S. The number of benzene rings is 2. The zero-order valence-corrected chi connectivity index (χ0v) is 19.6. The Bertz CT molecular complexity index is 1270. The number of pyridine rings is 1. The zero-order chi connectivity index (χ0) is 23.5. The summed E-state index contributed by atoms with van der Waals surface area (Å²) in [7, 11) is -3.56. The van der Waals surface area contributed by atoms with Crippen LogP contribution in [0.3, 0.4) is 0 Å². The van der Waals surface area contributed by atoms with Crippen molar-refractivity contribution >= 4 is 21.6 Å². The Morgan fingerprint density at radius 1 is 0.971 bits per heavy atom. The van der Waals surface area contributed by atoms with E-state index in [1.165, 1.54) is 0 Å². The van der Waals surface area contributed by atoms with E-state index in [1.54, 1.807) is 47.0 Å². The maximum atomic E-state index is 13.1. The van der Waals surface area contributed by atoms with Crippen LogP contribution in [0.5, 0.6) is 5.75 Å². The number of piperidine rings is 1. The van der Waals surface area contributed by atoms with Crippen molar-refractivity contribution in [2.45, 2.75) is 24.2 Å². The Balaban J connectivity index is 1.35. The number of sulfonamides is 1. The first kappa shape index (κ1) is 22.6. The van der Waals surface area contributed by atoms with Crippen molar-refractivity contribution in [2.75, 3.05) is 25.0 Å². The van der Waals surface area contributed by atoms with Gasteiger partial charge in [-0.2, -0.15) is 4.31 Å². The van der Waals surface area contributed by atoms with E-state index in [1.807, 2.05) is 30.3 Å². The minimum absolute atomic E-state index is 0.0502. The van der Waals surface area contributed by atoms with Gasteiger partial charge in [0.1, 0.15) is 5.75 Å². The number of hydrogen-bond acceptors (Lipinski definition) is 5. The predicted octanol–water partition coefficient (Wildman–Crippen LogP) is 4.19. The number of ether oxygens (including phenoxy) is 1. The fraction of sp³-hybridized carbons (Fsp3) is 0.308. The molecule has 1 aromatic heterocycles. The van der Waals surface area contributed by atoms with E-state index in [-0.39, 0.29) is 17.7 Å². The fourth-order valence-corrected chi connectivity index (χ4v) is 6.36. The van der Waals surface area contributed by atoms with Crippen LogP contribution in [0.15, 0.2) is 78.0 Å². The minimum atomic E-state index is -3.56. The lowest BCUT2D eigenvalue weighted by molar-refractivity contribution is -0.117. The molecule has 1 N–H and O–H groups in total. The lowest BCUT2D eigenvalue weighted by Gasteiger charge is -2.38. The molecule has 0 aliphatic carbocycles. The van der Waals surface area contributed by atoms with E-state index in [0.717, 1.165) is 11.1 Å². The van der Waals surface area contributed by atoms with Crippen LogP contribution in [0.4, 0.5) is 5.69 Å². The zero-order valence-electron chi connectivity index (χ0n) is 18.8. The number of nitrogens with one attached hydrogen (secondary N) is 1. The standard InChI is InChI=1S/C26H27N3O4S/c30-26-16-20-10-13-29(34(31,32)23-6-2-1-3-7-23)18-22(20)11-14-33-25-9-8-19(15-24(25)28-26)21-5-4-12-27-17-21/h1-9,12,15,17,20,22H,10-11,13-14,16,18H2,(H,28,30)/t20-,22-/m0/s1. The largest absolute Gasteiger partial charge is 0.491 e. The highest BCUT2D eigenvalue weighted by Crippen LogP contribution is 2.36. The minimum Gasteiger partial charge on any atom is -0.491 e. The Hall–Kier alpha value is -3.23. The van der Waals surface area contributed by atoms with Crippen molar-refractivity contribution in [2.24, 2.45) is 11.8 Å². The maximum absolute atomic E-state index is 13.1. The lowest BCUT2D eigenvalue weighted by atomic mass is 9.82. The van der Waals surface area contributed by atoms with Gasteiger partial charge < -0.3 is 10.1 Å². The van der Waals surface area contributed by atoms with Gasteiger partial charge in [-0.15, -0.1) is 0 Å². The summed E-state index contributed by atoms with van der Waals surface area (Å²) in [5.74, 6) is 0.691. The first-order chi connectivity index (χ1) is 16.5. The summed E-state index contributed by atoms with van der Waals surface area (Å²) in [6.07, 6.45) is 5.20. The fourth-order valence-electron chi connectivity index (χ4n) is 4.83. The Labute approximate surface area is 199 Å². The second kappa shape index (κ2) is 9.56. The number of fused-ring (bicyclic) bond motifs is 2. The highest BCUT2D eigenvalue weighted by atomic mass is 32.2. The maximum Gasteiger partial charge on any atom is 0.243 e. The third-order valence-electron chi connectivity index (χ3n) is 6.68. The third kappa shape index (κ3) is 4.69. The average Bonchev–Trinajstić information content (AvgIpc) is 2.86. The highest BCUT2D eigenvalue weighted by Gasteiger charge is 2.36. The number of anilines is 1. The van der Waals surface area contributed by atoms with Gasteiger partial charge in [0, 0.05) is 37.5 Å². The van der Waals surface area contributed by atoms with Crippen LogP contribution in [-0.4, -0.2) is 43.3 Å². The average molecular weight is 478 g/mol. The number of rotatable bonds is 3. The van der Waals surface area contributed by atoms with E-state index in [2.05, 4.69) is 10.3 Å². The summed E-state index contributed by atoms with van der Waals surface area (Å²) in [4.78, 5) is 17.4. The number of aromatic nitrogens is 1. The molecule has 8 heteroatoms. The highest BCUT2D eigenvalue weighted by molar-refractivity contribution is 7.89. The first-order valence-electron chi connectivity index (χ1n) is 11.5. The Morgan fingerprint density at radius 2 is 1.82 bits per heavy atom. The van der Waals surface area contributed by atoms with Crippen LogP contribution in [0.25, 0.3) is 11.1 Å². The third-order valence-corrected chi connectivity index (χ3v) is 8.56. The van der Waals surface area contributed by atoms with Crippen LogP contribution >= 0.6 is 0 Å². The quantitative estimate of drug-likeness (QED) is 0.611. The molecule has 2 aliphatic heterocycles. The molecule has 3 heterocycles. The van der Waals surface area contributed by atoms with Crippen molar-refractivity contribution < 1.29 is 17.9 Å². The molecule has 0 saturated carbocycles. The predicted molar refractivity (Wildman–Crippen MR) is 130 cm³/mol. The summed E-state index contributed by atoms with van der Waals surface area (Å²) in [5.41, 5.74) is 2.56. The van der Waals surface area contributed by atoms with Gasteiger partial charge in [0.2, 0.25) is 15.9 Å². The molecule has 5 rings (SSSR count). The number of carbonyl (C=O) groups excluding carboxylic acids is 1. The normalized spacial score (nSPS) is 21.5. The van der Waals surface area contributed by atoms with E-state index in [9.17, 15) is 13.2 Å². The van der Waals surface area contributed by atoms with Crippen molar-refractivity contribution in [1.29, 1.82) is 0 Å². The topological polar surface area (TPSA) is 88.6 Å². The van der Waals surface area contributed by atoms with Crippen LogP contribution in [0.2, 0.25) is 0 Å². The van der Waals surface area contributed by atoms with Gasteiger partial charge in [-0.05, 0) is 60.6 Å². The smallest absolute Gasteiger partial charge is 0.243 e. The van der Waals surface area contributed by atoms with E-state index >= 15 is 0 Å². The van der Waals surface area contributed by atoms with Crippen molar-refractivity contribution in [3.8, 4) is 16.9 Å². The van der Waals surface area contributed by atoms with Gasteiger partial charge in [0.25, 0.3) is 0 Å². The van der Waals surface area contributed by atoms with Gasteiger partial charge in [0.05, 0.1) is 17.2 Å². The molecular weight excluding hydrogens is 450 g/mol. The molecule has 2 aliphatic rings. The second-order valence-corrected chi connectivity index (χ2v) is 10.8. The van der Waals surface area contributed by atoms with Crippen LogP contribution < -0.4 is 10.1 Å². The monoisotopic (exact) mass is 477 g/mol. The summed E-state index contributed by atoms with van der Waals surface area (Å²) in [6, 6.07) is 18.1. The molecule has 3 aromatic rings. The van der Waals surface area contributed by atoms with Gasteiger partial charge in [-0.3, -0.25) is 9.78 Å². The summed E-state index contributed by atoms with van der Waals surface area (Å²) >= 11 is 0. The van der Waals surface area contributed by atoms with E-state index < -0.39 is 10.0 Å². The van der Waals surface area contributed by atoms with Gasteiger partial charge in [-0.1, -0.05) is 30.3 Å². The summed E-state index contributed by atoms with van der Waals surface area (Å²) in [6.45, 7) is 1.26. The number of carbonyl (C=O) groups is 1. The molecule has 2 aromatic carbocycles. The second-order valence-electron chi connectivity index (χ2n) is 8.83. The molecule has 0 bridgehead atoms. The molecule has 176 valence electrons. The van der Waals surface area contributed by atoms with E-state index in [4.69, 9.17) is 4.74 Å². The SMILES string of the molecule is O=C1C[C@@H]2CCN(S(=O)(=O)c3ccccc3)C[C@@H]2CCOc2ccc(-c3cccnc3)cc2N1. The Kier molecular flexibility index (Phi) is 6.34. The van der Waals surface area contributed by atoms with Crippen molar-refractivity contribution in [3.63, 3.8) is 0 Å². The number of amides is 1. The molecule has 34 heavy (non-hydrogen) atoms. The molecule has 7 nitrogen and oxygen atoms in total. The van der Waals surface area contributed by atoms with E-state index in [0.29, 0.717) is 55.3 Å². The van der Waals surface area contributed by atoms with Gasteiger partial charge >= 0.3 is 0 Å². The molecule has 1 fully saturated rings. The van der Waals surface area contributed by atoms with Gasteiger partial charge in [0.15, 0.2) is 0 Å². The molecule has 2 atom stereocenters. The molecule has 0 unspecified atom stereocenters.